The summed E-state index contributed by atoms with van der Waals surface area (Å²) in [5, 5.41) is 0. The van der Waals surface area contributed by atoms with E-state index in [0.29, 0.717) is 18.7 Å². The molecule has 2 N–H and O–H groups in total. The Balaban J connectivity index is 1.45. The Morgan fingerprint density at radius 3 is 2.80 bits per heavy atom. The summed E-state index contributed by atoms with van der Waals surface area (Å²) in [6, 6.07) is 6.94. The van der Waals surface area contributed by atoms with Crippen molar-refractivity contribution in [3.05, 3.63) is 35.6 Å². The first-order chi connectivity index (χ1) is 12.2. The monoisotopic (exact) mass is 349 g/mol. The number of nitrogens with one attached hydrogen (secondary N) is 2. The van der Waals surface area contributed by atoms with Crippen LogP contribution < -0.4 is 10.9 Å². The summed E-state index contributed by atoms with van der Waals surface area (Å²) in [5.74, 6) is 0.0395. The highest BCUT2D eigenvalue weighted by Gasteiger charge is 2.36. The first-order valence-electron chi connectivity index (χ1n) is 9.31. The number of rotatable bonds is 6. The van der Waals surface area contributed by atoms with Crippen LogP contribution in [0.1, 0.15) is 38.2 Å². The lowest BCUT2D eigenvalue weighted by Crippen LogP contribution is -2.46. The van der Waals surface area contributed by atoms with Crippen molar-refractivity contribution in [3.63, 3.8) is 0 Å². The molecule has 1 aromatic rings. The third-order valence-electron chi connectivity index (χ3n) is 5.20. The number of hydrogen-bond acceptors (Lipinski definition) is 4. The van der Waals surface area contributed by atoms with Crippen LogP contribution >= 0.6 is 0 Å². The summed E-state index contributed by atoms with van der Waals surface area (Å²) in [6.45, 7) is 4.57. The van der Waals surface area contributed by atoms with E-state index in [2.05, 4.69) is 17.8 Å². The van der Waals surface area contributed by atoms with Gasteiger partial charge in [-0.15, -0.1) is 0 Å². The SMILES string of the molecule is CCCC1NNCC1C(=O)N1CCC(OCc2ccccc2F)CC1. The zero-order valence-electron chi connectivity index (χ0n) is 14.8. The van der Waals surface area contributed by atoms with Gasteiger partial charge in [-0.25, -0.2) is 4.39 Å². The first kappa shape index (κ1) is 18.3. The molecular formula is C19H28FN3O2. The molecule has 0 bridgehead atoms. The van der Waals surface area contributed by atoms with Crippen molar-refractivity contribution in [1.29, 1.82) is 0 Å². The van der Waals surface area contributed by atoms with Crippen LogP contribution in [0.2, 0.25) is 0 Å². The minimum Gasteiger partial charge on any atom is -0.373 e. The third kappa shape index (κ3) is 4.57. The number of amides is 1. The first-order valence-corrected chi connectivity index (χ1v) is 9.31. The van der Waals surface area contributed by atoms with E-state index in [0.717, 1.165) is 38.8 Å². The molecule has 0 aliphatic carbocycles. The quantitative estimate of drug-likeness (QED) is 0.827. The molecule has 0 spiro atoms. The number of hydrogen-bond donors (Lipinski definition) is 2. The smallest absolute Gasteiger partial charge is 0.228 e. The fourth-order valence-corrected chi connectivity index (χ4v) is 3.69. The molecule has 1 aromatic carbocycles. The lowest BCUT2D eigenvalue weighted by molar-refractivity contribution is -0.138. The van der Waals surface area contributed by atoms with Crippen molar-refractivity contribution in [2.75, 3.05) is 19.6 Å². The Morgan fingerprint density at radius 2 is 2.08 bits per heavy atom. The minimum absolute atomic E-state index is 0.0239. The van der Waals surface area contributed by atoms with Crippen LogP contribution in [0.3, 0.4) is 0 Å². The van der Waals surface area contributed by atoms with E-state index in [9.17, 15) is 9.18 Å². The molecule has 2 unspecified atom stereocenters. The van der Waals surface area contributed by atoms with Gasteiger partial charge in [0.15, 0.2) is 0 Å². The number of benzene rings is 1. The summed E-state index contributed by atoms with van der Waals surface area (Å²) in [4.78, 5) is 14.7. The van der Waals surface area contributed by atoms with Gasteiger partial charge in [-0.1, -0.05) is 31.5 Å². The number of piperidine rings is 1. The van der Waals surface area contributed by atoms with Crippen molar-refractivity contribution >= 4 is 5.91 Å². The van der Waals surface area contributed by atoms with E-state index in [4.69, 9.17) is 4.74 Å². The van der Waals surface area contributed by atoms with Gasteiger partial charge in [0, 0.05) is 31.2 Å². The molecule has 3 rings (SSSR count). The molecule has 0 aromatic heterocycles. The van der Waals surface area contributed by atoms with Crippen LogP contribution in [-0.2, 0) is 16.1 Å². The molecule has 0 saturated carbocycles. The lowest BCUT2D eigenvalue weighted by Gasteiger charge is -2.34. The standard InChI is InChI=1S/C19H28FN3O2/c1-2-5-18-16(12-21-22-18)19(24)23-10-8-15(9-11-23)25-13-14-6-3-4-7-17(14)20/h3-4,6-7,15-16,18,21-22H,2,5,8-13H2,1H3. The van der Waals surface area contributed by atoms with E-state index in [1.54, 1.807) is 12.1 Å². The van der Waals surface area contributed by atoms with Gasteiger partial charge in [0.25, 0.3) is 0 Å². The fraction of sp³-hybridized carbons (Fsp3) is 0.632. The Hall–Kier alpha value is -1.50. The fourth-order valence-electron chi connectivity index (χ4n) is 3.69. The molecule has 1 amide bonds. The van der Waals surface area contributed by atoms with E-state index in [1.807, 2.05) is 11.0 Å². The third-order valence-corrected chi connectivity index (χ3v) is 5.20. The molecule has 0 radical (unpaired) electrons. The number of hydrazine groups is 1. The minimum atomic E-state index is -0.224. The molecule has 2 atom stereocenters. The maximum atomic E-state index is 13.6. The number of nitrogens with zero attached hydrogens (tertiary/aromatic N) is 1. The van der Waals surface area contributed by atoms with Gasteiger partial charge in [-0.2, -0.15) is 0 Å². The van der Waals surface area contributed by atoms with Gasteiger partial charge >= 0.3 is 0 Å². The van der Waals surface area contributed by atoms with Gasteiger partial charge in [0.05, 0.1) is 18.6 Å². The molecular weight excluding hydrogens is 321 g/mol. The average Bonchev–Trinajstić information content (AvgIpc) is 3.09. The molecule has 2 aliphatic rings. The van der Waals surface area contributed by atoms with Gasteiger partial charge in [-0.05, 0) is 25.3 Å². The van der Waals surface area contributed by atoms with Crippen molar-refractivity contribution in [1.82, 2.24) is 15.8 Å². The average molecular weight is 349 g/mol. The Morgan fingerprint density at radius 1 is 1.32 bits per heavy atom. The molecule has 2 heterocycles. The highest BCUT2D eigenvalue weighted by Crippen LogP contribution is 2.21. The summed E-state index contributed by atoms with van der Waals surface area (Å²) >= 11 is 0. The van der Waals surface area contributed by atoms with Gasteiger partial charge in [0.2, 0.25) is 5.91 Å². The molecule has 25 heavy (non-hydrogen) atoms. The summed E-state index contributed by atoms with van der Waals surface area (Å²) in [7, 11) is 0. The molecule has 2 aliphatic heterocycles. The highest BCUT2D eigenvalue weighted by molar-refractivity contribution is 5.80. The van der Waals surface area contributed by atoms with Crippen LogP contribution in [0.25, 0.3) is 0 Å². The van der Waals surface area contributed by atoms with Crippen LogP contribution in [0.5, 0.6) is 0 Å². The van der Waals surface area contributed by atoms with Crippen molar-refractivity contribution in [2.24, 2.45) is 5.92 Å². The van der Waals surface area contributed by atoms with Crippen LogP contribution in [0.15, 0.2) is 24.3 Å². The predicted molar refractivity (Wildman–Crippen MR) is 94.1 cm³/mol. The number of carbonyl (C=O) groups is 1. The van der Waals surface area contributed by atoms with E-state index >= 15 is 0 Å². The lowest BCUT2D eigenvalue weighted by atomic mass is 9.95. The predicted octanol–water partition coefficient (Wildman–Crippen LogP) is 2.23. The van der Waals surface area contributed by atoms with Gasteiger partial charge in [0.1, 0.15) is 5.82 Å². The Labute approximate surface area is 148 Å². The topological polar surface area (TPSA) is 53.6 Å². The van der Waals surface area contributed by atoms with Crippen molar-refractivity contribution < 1.29 is 13.9 Å². The van der Waals surface area contributed by atoms with Gasteiger partial charge in [-0.3, -0.25) is 15.6 Å². The zero-order valence-corrected chi connectivity index (χ0v) is 14.8. The second-order valence-corrected chi connectivity index (χ2v) is 6.95. The van der Waals surface area contributed by atoms with E-state index in [1.165, 1.54) is 6.07 Å². The highest BCUT2D eigenvalue weighted by atomic mass is 19.1. The molecule has 2 saturated heterocycles. The molecule has 138 valence electrons. The zero-order chi connectivity index (χ0) is 17.6. The van der Waals surface area contributed by atoms with Crippen molar-refractivity contribution in [3.8, 4) is 0 Å². The maximum Gasteiger partial charge on any atom is 0.228 e. The van der Waals surface area contributed by atoms with Crippen LogP contribution in [0.4, 0.5) is 4.39 Å². The second-order valence-electron chi connectivity index (χ2n) is 6.95. The number of ether oxygens (including phenoxy) is 1. The van der Waals surface area contributed by atoms with Crippen LogP contribution in [-0.4, -0.2) is 42.6 Å². The summed E-state index contributed by atoms with van der Waals surface area (Å²) < 4.78 is 19.5. The van der Waals surface area contributed by atoms with E-state index < -0.39 is 0 Å². The second kappa shape index (κ2) is 8.74. The molecule has 6 heteroatoms. The molecule has 2 fully saturated rings. The normalized spacial score (nSPS) is 24.6. The number of carbonyl (C=O) groups excluding carboxylic acids is 1. The van der Waals surface area contributed by atoms with E-state index in [-0.39, 0.29) is 29.8 Å². The van der Waals surface area contributed by atoms with Crippen molar-refractivity contribution in [2.45, 2.75) is 51.4 Å². The summed E-state index contributed by atoms with van der Waals surface area (Å²) in [6.07, 6.45) is 3.79. The molecule has 5 nitrogen and oxygen atoms in total. The van der Waals surface area contributed by atoms with Gasteiger partial charge < -0.3 is 9.64 Å². The Kier molecular flexibility index (Phi) is 6.39. The number of halogens is 1. The van der Waals surface area contributed by atoms with Crippen LogP contribution in [0, 0.1) is 11.7 Å². The Bertz CT molecular complexity index is 576. The maximum absolute atomic E-state index is 13.6. The largest absolute Gasteiger partial charge is 0.373 e. The number of likely N-dealkylation sites (tertiary alicyclic amines) is 1. The summed E-state index contributed by atoms with van der Waals surface area (Å²) in [5.41, 5.74) is 6.93.